The smallest absolute Gasteiger partial charge is 0.343 e. The number of amides is 1. The molecule has 0 aromatic heterocycles. The number of nitrogens with zero attached hydrogens (tertiary/aromatic N) is 1. The number of nitrogens with one attached hydrogen (secondary N) is 1. The first-order valence-corrected chi connectivity index (χ1v) is 9.82. The second-order valence-electron chi connectivity index (χ2n) is 6.72. The topological polar surface area (TPSA) is 95.5 Å². The zero-order valence-electron chi connectivity index (χ0n) is 17.2. The van der Waals surface area contributed by atoms with Crippen molar-refractivity contribution in [3.05, 3.63) is 83.4 Å². The molecule has 1 aliphatic rings. The average molecular weight is 432 g/mol. The lowest BCUT2D eigenvalue weighted by atomic mass is 10.2. The monoisotopic (exact) mass is 432 g/mol. The average Bonchev–Trinajstić information content (AvgIpc) is 2.85. The fourth-order valence-electron chi connectivity index (χ4n) is 3.00. The number of rotatable bonds is 6. The molecule has 0 spiro atoms. The summed E-state index contributed by atoms with van der Waals surface area (Å²) in [5.74, 6) is 0.889. The summed E-state index contributed by atoms with van der Waals surface area (Å²) in [7, 11) is 1.47. The molecule has 0 aliphatic carbocycles. The van der Waals surface area contributed by atoms with Crippen LogP contribution in [0.1, 0.15) is 26.3 Å². The number of esters is 1. The molecule has 0 bridgehead atoms. The van der Waals surface area contributed by atoms with Crippen molar-refractivity contribution >= 4 is 18.1 Å². The van der Waals surface area contributed by atoms with Gasteiger partial charge in [-0.3, -0.25) is 4.79 Å². The van der Waals surface area contributed by atoms with E-state index in [0.717, 1.165) is 0 Å². The second kappa shape index (κ2) is 9.65. The molecule has 0 fully saturated rings. The van der Waals surface area contributed by atoms with Gasteiger partial charge in [-0.05, 0) is 54.1 Å². The van der Waals surface area contributed by atoms with Crippen LogP contribution in [0.3, 0.4) is 0 Å². The van der Waals surface area contributed by atoms with Crippen molar-refractivity contribution in [3.63, 3.8) is 0 Å². The minimum absolute atomic E-state index is 0.277. The van der Waals surface area contributed by atoms with Crippen molar-refractivity contribution in [1.82, 2.24) is 5.43 Å². The van der Waals surface area contributed by atoms with Crippen molar-refractivity contribution in [2.24, 2.45) is 5.10 Å². The summed E-state index contributed by atoms with van der Waals surface area (Å²) in [6.45, 7) is 0.922. The zero-order chi connectivity index (χ0) is 22.3. The van der Waals surface area contributed by atoms with Gasteiger partial charge in [0.25, 0.3) is 5.91 Å². The standard InChI is InChI=1S/C24H20N2O6/c1-29-21-13-16(7-9-20(21)32-24(28)17-5-3-2-4-6-17)15-25-26-23(27)18-8-10-19-22(14-18)31-12-11-30-19/h2-10,13-15H,11-12H2,1H3,(H,26,27). The lowest BCUT2D eigenvalue weighted by molar-refractivity contribution is 0.0729. The van der Waals surface area contributed by atoms with Crippen LogP contribution in [0.25, 0.3) is 0 Å². The third kappa shape index (κ3) is 4.86. The molecule has 8 nitrogen and oxygen atoms in total. The zero-order valence-corrected chi connectivity index (χ0v) is 17.2. The molecule has 162 valence electrons. The summed E-state index contributed by atoms with van der Waals surface area (Å²) in [5, 5.41) is 3.98. The second-order valence-corrected chi connectivity index (χ2v) is 6.72. The van der Waals surface area contributed by atoms with E-state index in [0.29, 0.717) is 47.2 Å². The minimum Gasteiger partial charge on any atom is -0.493 e. The molecular formula is C24H20N2O6. The molecule has 1 aliphatic heterocycles. The van der Waals surface area contributed by atoms with Crippen LogP contribution in [-0.4, -0.2) is 38.4 Å². The van der Waals surface area contributed by atoms with Crippen molar-refractivity contribution in [1.29, 1.82) is 0 Å². The minimum atomic E-state index is -0.489. The van der Waals surface area contributed by atoms with E-state index in [1.54, 1.807) is 60.7 Å². The Balaban J connectivity index is 1.40. The van der Waals surface area contributed by atoms with Gasteiger partial charge in [0.2, 0.25) is 0 Å². The third-order valence-electron chi connectivity index (χ3n) is 4.58. The van der Waals surface area contributed by atoms with Crippen LogP contribution in [0.5, 0.6) is 23.0 Å². The van der Waals surface area contributed by atoms with Gasteiger partial charge < -0.3 is 18.9 Å². The SMILES string of the molecule is COc1cc(C=NNC(=O)c2ccc3c(c2)OCCO3)ccc1OC(=O)c1ccccc1. The van der Waals surface area contributed by atoms with Gasteiger partial charge in [0.15, 0.2) is 23.0 Å². The predicted molar refractivity (Wildman–Crippen MR) is 117 cm³/mol. The van der Waals surface area contributed by atoms with Crippen molar-refractivity contribution < 1.29 is 28.5 Å². The summed E-state index contributed by atoms with van der Waals surface area (Å²) in [6.07, 6.45) is 1.46. The van der Waals surface area contributed by atoms with E-state index < -0.39 is 11.9 Å². The van der Waals surface area contributed by atoms with Gasteiger partial charge in [0.1, 0.15) is 13.2 Å². The largest absolute Gasteiger partial charge is 0.493 e. The maximum absolute atomic E-state index is 12.4. The van der Waals surface area contributed by atoms with Gasteiger partial charge in [-0.25, -0.2) is 10.2 Å². The highest BCUT2D eigenvalue weighted by Gasteiger charge is 2.15. The fraction of sp³-hybridized carbons (Fsp3) is 0.125. The van der Waals surface area contributed by atoms with Crippen LogP contribution in [0.15, 0.2) is 71.8 Å². The Hall–Kier alpha value is -4.33. The van der Waals surface area contributed by atoms with Gasteiger partial charge in [0, 0.05) is 5.56 Å². The molecule has 4 rings (SSSR count). The normalized spacial score (nSPS) is 12.3. The molecule has 3 aromatic carbocycles. The van der Waals surface area contributed by atoms with Crippen LogP contribution < -0.4 is 24.4 Å². The molecule has 1 heterocycles. The number of fused-ring (bicyclic) bond motifs is 1. The summed E-state index contributed by atoms with van der Waals surface area (Å²) in [5.41, 5.74) is 3.94. The van der Waals surface area contributed by atoms with E-state index in [1.807, 2.05) is 6.07 Å². The number of hydrogen-bond acceptors (Lipinski definition) is 7. The highest BCUT2D eigenvalue weighted by Crippen LogP contribution is 2.31. The lowest BCUT2D eigenvalue weighted by Gasteiger charge is -2.18. The highest BCUT2D eigenvalue weighted by atomic mass is 16.6. The first-order chi connectivity index (χ1) is 15.6. The molecule has 8 heteroatoms. The Labute approximate surface area is 184 Å². The Morgan fingerprint density at radius 1 is 0.906 bits per heavy atom. The molecule has 1 N–H and O–H groups in total. The van der Waals surface area contributed by atoms with Crippen LogP contribution in [-0.2, 0) is 0 Å². The molecule has 3 aromatic rings. The first kappa shape index (κ1) is 20.9. The lowest BCUT2D eigenvalue weighted by Crippen LogP contribution is -2.19. The molecule has 0 radical (unpaired) electrons. The Bertz CT molecular complexity index is 1160. The molecule has 0 saturated heterocycles. The van der Waals surface area contributed by atoms with Crippen LogP contribution in [0.4, 0.5) is 0 Å². The fourth-order valence-corrected chi connectivity index (χ4v) is 3.00. The molecule has 0 saturated carbocycles. The van der Waals surface area contributed by atoms with Gasteiger partial charge in [0.05, 0.1) is 18.9 Å². The molecule has 32 heavy (non-hydrogen) atoms. The van der Waals surface area contributed by atoms with E-state index in [2.05, 4.69) is 10.5 Å². The quantitative estimate of drug-likeness (QED) is 0.277. The summed E-state index contributed by atoms with van der Waals surface area (Å²) >= 11 is 0. The maximum Gasteiger partial charge on any atom is 0.343 e. The summed E-state index contributed by atoms with van der Waals surface area (Å²) in [4.78, 5) is 24.6. The number of carbonyl (C=O) groups is 2. The molecule has 0 unspecified atom stereocenters. The van der Waals surface area contributed by atoms with E-state index in [-0.39, 0.29) is 5.75 Å². The van der Waals surface area contributed by atoms with Crippen LogP contribution >= 0.6 is 0 Å². The summed E-state index contributed by atoms with van der Waals surface area (Å²) < 4.78 is 21.7. The molecule has 1 amide bonds. The van der Waals surface area contributed by atoms with E-state index in [9.17, 15) is 9.59 Å². The van der Waals surface area contributed by atoms with E-state index in [4.69, 9.17) is 18.9 Å². The van der Waals surface area contributed by atoms with E-state index in [1.165, 1.54) is 13.3 Å². The molecular weight excluding hydrogens is 412 g/mol. The number of carbonyl (C=O) groups excluding carboxylic acids is 2. The van der Waals surface area contributed by atoms with Crippen LogP contribution in [0, 0.1) is 0 Å². The maximum atomic E-state index is 12.4. The van der Waals surface area contributed by atoms with Gasteiger partial charge in [-0.2, -0.15) is 5.10 Å². The third-order valence-corrected chi connectivity index (χ3v) is 4.58. The Morgan fingerprint density at radius 3 is 2.47 bits per heavy atom. The van der Waals surface area contributed by atoms with Crippen molar-refractivity contribution in [3.8, 4) is 23.0 Å². The van der Waals surface area contributed by atoms with Gasteiger partial charge in [-0.1, -0.05) is 18.2 Å². The first-order valence-electron chi connectivity index (χ1n) is 9.82. The predicted octanol–water partition coefficient (Wildman–Crippen LogP) is 3.45. The number of hydrogen-bond donors (Lipinski definition) is 1. The number of hydrazone groups is 1. The highest BCUT2D eigenvalue weighted by molar-refractivity contribution is 5.95. The van der Waals surface area contributed by atoms with Crippen LogP contribution in [0.2, 0.25) is 0 Å². The van der Waals surface area contributed by atoms with Crippen molar-refractivity contribution in [2.75, 3.05) is 20.3 Å². The van der Waals surface area contributed by atoms with E-state index >= 15 is 0 Å². The summed E-state index contributed by atoms with van der Waals surface area (Å²) in [6, 6.07) is 18.5. The van der Waals surface area contributed by atoms with Crippen molar-refractivity contribution in [2.45, 2.75) is 0 Å². The number of benzene rings is 3. The number of ether oxygens (including phenoxy) is 4. The Kier molecular flexibility index (Phi) is 6.31. The number of methoxy groups -OCH3 is 1. The molecule has 0 atom stereocenters. The van der Waals surface area contributed by atoms with Gasteiger partial charge in [-0.15, -0.1) is 0 Å². The Morgan fingerprint density at radius 2 is 1.69 bits per heavy atom. The van der Waals surface area contributed by atoms with Gasteiger partial charge >= 0.3 is 5.97 Å².